The number of pyridine rings is 1. The van der Waals surface area contributed by atoms with Crippen LogP contribution in [0.3, 0.4) is 0 Å². The molecule has 0 amide bonds. The molecule has 2 atom stereocenters. The minimum Gasteiger partial charge on any atom is -0.506 e. The standard InChI is InChI=1S/C17H16N2O3/c1-11-10-15(22-17(11)21)16(13-7-4-5-9-18-13)19-12-6-2-3-8-14(12)20/h2-10,15-16,19-20H,1H3/t15-,16-/m0/s1. The Balaban J connectivity index is 1.94. The lowest BCUT2D eigenvalue weighted by molar-refractivity contribution is -0.140. The third kappa shape index (κ3) is 2.79. The number of nitrogens with zero attached hydrogens (tertiary/aromatic N) is 1. The van der Waals surface area contributed by atoms with Gasteiger partial charge in [-0.3, -0.25) is 4.98 Å². The molecule has 2 N–H and O–H groups in total. The number of nitrogens with one attached hydrogen (secondary N) is 1. The lowest BCUT2D eigenvalue weighted by atomic mass is 10.0. The second-order valence-corrected chi connectivity index (χ2v) is 5.11. The largest absolute Gasteiger partial charge is 0.506 e. The minimum absolute atomic E-state index is 0.133. The first-order valence-electron chi connectivity index (χ1n) is 7.00. The van der Waals surface area contributed by atoms with E-state index in [1.54, 1.807) is 37.4 Å². The van der Waals surface area contributed by atoms with Crippen LogP contribution in [0.15, 0.2) is 60.3 Å². The van der Waals surface area contributed by atoms with Crippen LogP contribution >= 0.6 is 0 Å². The predicted molar refractivity (Wildman–Crippen MR) is 82.3 cm³/mol. The molecule has 1 aliphatic heterocycles. The van der Waals surface area contributed by atoms with Crippen LogP contribution in [-0.2, 0) is 9.53 Å². The molecule has 0 spiro atoms. The van der Waals surface area contributed by atoms with E-state index in [1.807, 2.05) is 24.3 Å². The fourth-order valence-electron chi connectivity index (χ4n) is 2.38. The van der Waals surface area contributed by atoms with Gasteiger partial charge in [-0.05, 0) is 37.3 Å². The summed E-state index contributed by atoms with van der Waals surface area (Å²) in [6.45, 7) is 1.72. The Labute approximate surface area is 128 Å². The maximum Gasteiger partial charge on any atom is 0.334 e. The number of phenols is 1. The number of para-hydroxylation sites is 2. The molecule has 2 heterocycles. The van der Waals surface area contributed by atoms with Crippen molar-refractivity contribution in [2.45, 2.75) is 19.1 Å². The summed E-state index contributed by atoms with van der Waals surface area (Å²) in [5, 5.41) is 13.2. The summed E-state index contributed by atoms with van der Waals surface area (Å²) in [5.41, 5.74) is 1.87. The van der Waals surface area contributed by atoms with E-state index in [9.17, 15) is 9.90 Å². The third-order valence-electron chi connectivity index (χ3n) is 3.53. The number of hydrogen-bond acceptors (Lipinski definition) is 5. The van der Waals surface area contributed by atoms with Gasteiger partial charge in [0.2, 0.25) is 0 Å². The zero-order chi connectivity index (χ0) is 15.5. The average Bonchev–Trinajstić information content (AvgIpc) is 2.86. The van der Waals surface area contributed by atoms with Gasteiger partial charge in [0.25, 0.3) is 0 Å². The predicted octanol–water partition coefficient (Wildman–Crippen LogP) is 2.81. The molecule has 0 saturated carbocycles. The monoisotopic (exact) mass is 296 g/mol. The number of carbonyl (C=O) groups is 1. The maximum atomic E-state index is 11.7. The van der Waals surface area contributed by atoms with Crippen LogP contribution in [0.1, 0.15) is 18.7 Å². The first kappa shape index (κ1) is 14.1. The average molecular weight is 296 g/mol. The molecule has 0 bridgehead atoms. The highest BCUT2D eigenvalue weighted by atomic mass is 16.5. The molecule has 5 nitrogen and oxygen atoms in total. The summed E-state index contributed by atoms with van der Waals surface area (Å²) in [4.78, 5) is 16.0. The number of rotatable bonds is 4. The van der Waals surface area contributed by atoms with Crippen molar-refractivity contribution in [1.29, 1.82) is 0 Å². The van der Waals surface area contributed by atoms with Gasteiger partial charge in [0.05, 0.1) is 11.4 Å². The molecule has 0 unspecified atom stereocenters. The highest BCUT2D eigenvalue weighted by Gasteiger charge is 2.32. The van der Waals surface area contributed by atoms with E-state index < -0.39 is 6.10 Å². The van der Waals surface area contributed by atoms with E-state index in [0.717, 1.165) is 5.69 Å². The second kappa shape index (κ2) is 5.89. The third-order valence-corrected chi connectivity index (χ3v) is 3.53. The van der Waals surface area contributed by atoms with Gasteiger partial charge < -0.3 is 15.2 Å². The van der Waals surface area contributed by atoms with Gasteiger partial charge in [-0.2, -0.15) is 0 Å². The van der Waals surface area contributed by atoms with E-state index in [-0.39, 0.29) is 17.8 Å². The van der Waals surface area contributed by atoms with Crippen molar-refractivity contribution in [2.75, 3.05) is 5.32 Å². The normalized spacial score (nSPS) is 18.5. The van der Waals surface area contributed by atoms with Gasteiger partial charge >= 0.3 is 5.97 Å². The topological polar surface area (TPSA) is 71.4 Å². The fraction of sp³-hybridized carbons (Fsp3) is 0.176. The van der Waals surface area contributed by atoms with Crippen molar-refractivity contribution in [1.82, 2.24) is 4.98 Å². The minimum atomic E-state index is -0.470. The molecule has 3 rings (SSSR count). The summed E-state index contributed by atoms with van der Waals surface area (Å²) >= 11 is 0. The number of esters is 1. The van der Waals surface area contributed by atoms with Gasteiger partial charge in [-0.15, -0.1) is 0 Å². The van der Waals surface area contributed by atoms with Gasteiger partial charge in [0, 0.05) is 11.8 Å². The number of cyclic esters (lactones) is 1. The Kier molecular flexibility index (Phi) is 3.78. The molecule has 2 aromatic rings. The van der Waals surface area contributed by atoms with E-state index >= 15 is 0 Å². The van der Waals surface area contributed by atoms with Crippen LogP contribution in [0.25, 0.3) is 0 Å². The zero-order valence-corrected chi connectivity index (χ0v) is 12.1. The van der Waals surface area contributed by atoms with Crippen LogP contribution in [0.5, 0.6) is 5.75 Å². The molecule has 0 radical (unpaired) electrons. The van der Waals surface area contributed by atoms with Gasteiger partial charge in [-0.25, -0.2) is 4.79 Å². The van der Waals surface area contributed by atoms with Gasteiger partial charge in [0.15, 0.2) is 0 Å². The summed E-state index contributed by atoms with van der Waals surface area (Å²) < 4.78 is 5.39. The quantitative estimate of drug-likeness (QED) is 0.670. The van der Waals surface area contributed by atoms with Gasteiger partial charge in [-0.1, -0.05) is 18.2 Å². The number of hydrogen-bond donors (Lipinski definition) is 2. The Morgan fingerprint density at radius 3 is 2.64 bits per heavy atom. The summed E-state index contributed by atoms with van der Waals surface area (Å²) in [7, 11) is 0. The number of carbonyl (C=O) groups excluding carboxylic acids is 1. The number of anilines is 1. The van der Waals surface area contributed by atoms with Crippen LogP contribution in [-0.4, -0.2) is 22.2 Å². The maximum absolute atomic E-state index is 11.7. The molecule has 1 aliphatic rings. The number of phenolic OH excluding ortho intramolecular Hbond substituents is 1. The van der Waals surface area contributed by atoms with Crippen molar-refractivity contribution in [3.63, 3.8) is 0 Å². The Morgan fingerprint density at radius 1 is 1.23 bits per heavy atom. The van der Waals surface area contributed by atoms with E-state index in [1.165, 1.54) is 0 Å². The first-order chi connectivity index (χ1) is 10.6. The Hall–Kier alpha value is -2.82. The lowest BCUT2D eigenvalue weighted by Crippen LogP contribution is -2.26. The highest BCUT2D eigenvalue weighted by Crippen LogP contribution is 2.31. The zero-order valence-electron chi connectivity index (χ0n) is 12.1. The molecule has 112 valence electrons. The number of aromatic nitrogens is 1. The second-order valence-electron chi connectivity index (χ2n) is 5.11. The van der Waals surface area contributed by atoms with Crippen molar-refractivity contribution in [2.24, 2.45) is 0 Å². The van der Waals surface area contributed by atoms with Crippen molar-refractivity contribution in [3.8, 4) is 5.75 Å². The summed E-state index contributed by atoms with van der Waals surface area (Å²) in [6.07, 6.45) is 2.98. The molecular weight excluding hydrogens is 280 g/mol. The molecule has 22 heavy (non-hydrogen) atoms. The summed E-state index contributed by atoms with van der Waals surface area (Å²) in [5.74, 6) is -0.196. The van der Waals surface area contributed by atoms with E-state index in [2.05, 4.69) is 10.3 Å². The first-order valence-corrected chi connectivity index (χ1v) is 7.00. The van der Waals surface area contributed by atoms with E-state index in [4.69, 9.17) is 4.74 Å². The highest BCUT2D eigenvalue weighted by molar-refractivity contribution is 5.90. The number of benzene rings is 1. The van der Waals surface area contributed by atoms with Gasteiger partial charge in [0.1, 0.15) is 17.9 Å². The summed E-state index contributed by atoms with van der Waals surface area (Å²) in [6, 6.07) is 12.1. The number of aromatic hydroxyl groups is 1. The smallest absolute Gasteiger partial charge is 0.334 e. The van der Waals surface area contributed by atoms with Crippen LogP contribution in [0.4, 0.5) is 5.69 Å². The van der Waals surface area contributed by atoms with Crippen molar-refractivity contribution in [3.05, 3.63) is 66.0 Å². The van der Waals surface area contributed by atoms with Crippen LogP contribution in [0, 0.1) is 0 Å². The molecular formula is C17H16N2O3. The van der Waals surface area contributed by atoms with Crippen molar-refractivity contribution < 1.29 is 14.6 Å². The van der Waals surface area contributed by atoms with Crippen LogP contribution < -0.4 is 5.32 Å². The molecule has 0 aliphatic carbocycles. The SMILES string of the molecule is CC1=C[C@@H]([C@@H](Nc2ccccc2O)c2ccccn2)OC1=O. The fourth-order valence-corrected chi connectivity index (χ4v) is 2.38. The molecule has 5 heteroatoms. The molecule has 1 aromatic carbocycles. The van der Waals surface area contributed by atoms with E-state index in [0.29, 0.717) is 11.3 Å². The molecule has 1 aromatic heterocycles. The lowest BCUT2D eigenvalue weighted by Gasteiger charge is -2.24. The Morgan fingerprint density at radius 2 is 2.00 bits per heavy atom. The number of ether oxygens (including phenoxy) is 1. The molecule has 0 fully saturated rings. The Bertz CT molecular complexity index is 713. The molecule has 0 saturated heterocycles. The van der Waals surface area contributed by atoms with Crippen molar-refractivity contribution >= 4 is 11.7 Å². The van der Waals surface area contributed by atoms with Crippen LogP contribution in [0.2, 0.25) is 0 Å².